The minimum Gasteiger partial charge on any atom is -0.491 e. The predicted octanol–water partition coefficient (Wildman–Crippen LogP) is 2.23. The van der Waals surface area contributed by atoms with Gasteiger partial charge in [-0.25, -0.2) is 0 Å². The molecule has 1 saturated carbocycles. The Morgan fingerprint density at radius 1 is 1.08 bits per heavy atom. The van der Waals surface area contributed by atoms with Crippen molar-refractivity contribution in [2.24, 2.45) is 5.41 Å². The molecule has 2 N–H and O–H groups in total. The van der Waals surface area contributed by atoms with Gasteiger partial charge in [0.2, 0.25) is 5.91 Å². The molecule has 1 aromatic carbocycles. The molecule has 1 aliphatic carbocycles. The van der Waals surface area contributed by atoms with Crippen LogP contribution in [0.15, 0.2) is 30.3 Å². The van der Waals surface area contributed by atoms with Crippen LogP contribution in [0.2, 0.25) is 0 Å². The molecule has 1 fully saturated rings. The maximum Gasteiger partial charge on any atom is 0.311 e. The summed E-state index contributed by atoms with van der Waals surface area (Å²) in [6.07, 6.45) is 4.10. The highest BCUT2D eigenvalue weighted by atomic mass is 16.5. The Morgan fingerprint density at radius 2 is 1.79 bits per heavy atom. The zero-order valence-electron chi connectivity index (χ0n) is 13.8. The van der Waals surface area contributed by atoms with E-state index in [0.717, 1.165) is 25.0 Å². The van der Waals surface area contributed by atoms with Crippen LogP contribution in [-0.4, -0.2) is 43.3 Å². The number of carboxylic acids is 1. The Kier molecular flexibility index (Phi) is 7.06. The molecule has 2 rings (SSSR count). The van der Waals surface area contributed by atoms with Gasteiger partial charge < -0.3 is 19.9 Å². The molecule has 0 bridgehead atoms. The molecule has 1 aliphatic rings. The zero-order chi connectivity index (χ0) is 17.3. The van der Waals surface area contributed by atoms with Crippen molar-refractivity contribution in [3.8, 4) is 5.75 Å². The van der Waals surface area contributed by atoms with Crippen LogP contribution in [0.25, 0.3) is 0 Å². The molecule has 6 heteroatoms. The number of carboxylic acid groups (broad SMARTS) is 1. The van der Waals surface area contributed by atoms with Crippen LogP contribution in [0.4, 0.5) is 0 Å². The Hall–Kier alpha value is -2.08. The summed E-state index contributed by atoms with van der Waals surface area (Å²) in [5.41, 5.74) is -0.815. The highest BCUT2D eigenvalue weighted by Crippen LogP contribution is 2.35. The first-order valence-electron chi connectivity index (χ1n) is 8.38. The van der Waals surface area contributed by atoms with E-state index in [-0.39, 0.29) is 19.1 Å². The van der Waals surface area contributed by atoms with Crippen LogP contribution in [0, 0.1) is 5.41 Å². The summed E-state index contributed by atoms with van der Waals surface area (Å²) in [5.74, 6) is -0.355. The monoisotopic (exact) mass is 335 g/mol. The summed E-state index contributed by atoms with van der Waals surface area (Å²) < 4.78 is 10.7. The molecule has 0 spiro atoms. The third-order valence-corrected chi connectivity index (χ3v) is 4.36. The predicted molar refractivity (Wildman–Crippen MR) is 88.9 cm³/mol. The van der Waals surface area contributed by atoms with Crippen molar-refractivity contribution in [2.45, 2.75) is 32.1 Å². The number of ether oxygens (including phenoxy) is 2. The molecule has 132 valence electrons. The summed E-state index contributed by atoms with van der Waals surface area (Å²) in [6, 6.07) is 9.37. The number of carbonyl (C=O) groups excluding carboxylic acids is 1. The fourth-order valence-corrected chi connectivity index (χ4v) is 2.91. The minimum absolute atomic E-state index is 0.0894. The molecule has 24 heavy (non-hydrogen) atoms. The average molecular weight is 335 g/mol. The van der Waals surface area contributed by atoms with Crippen molar-refractivity contribution in [1.29, 1.82) is 0 Å². The van der Waals surface area contributed by atoms with E-state index in [4.69, 9.17) is 9.47 Å². The quantitative estimate of drug-likeness (QED) is 0.676. The highest BCUT2D eigenvalue weighted by Gasteiger charge is 2.39. The van der Waals surface area contributed by atoms with Gasteiger partial charge in [-0.05, 0) is 25.0 Å². The van der Waals surface area contributed by atoms with Gasteiger partial charge in [0, 0.05) is 6.54 Å². The number of hydrogen-bond acceptors (Lipinski definition) is 4. The van der Waals surface area contributed by atoms with Crippen LogP contribution < -0.4 is 10.1 Å². The summed E-state index contributed by atoms with van der Waals surface area (Å²) >= 11 is 0. The van der Waals surface area contributed by atoms with E-state index in [2.05, 4.69) is 5.32 Å². The van der Waals surface area contributed by atoms with Gasteiger partial charge in [-0.1, -0.05) is 37.5 Å². The smallest absolute Gasteiger partial charge is 0.311 e. The molecule has 0 unspecified atom stereocenters. The standard InChI is InChI=1S/C18H25NO5/c20-16(13-23-11-12-24-15-7-3-1-4-8-15)19-14-18(17(21)22)9-5-2-6-10-18/h1,3-4,7-8H,2,5-6,9-14H2,(H,19,20)(H,21,22). The van der Waals surface area contributed by atoms with E-state index in [9.17, 15) is 14.7 Å². The second kappa shape index (κ2) is 9.27. The fraction of sp³-hybridized carbons (Fsp3) is 0.556. The van der Waals surface area contributed by atoms with Gasteiger partial charge in [-0.3, -0.25) is 9.59 Å². The number of carbonyl (C=O) groups is 2. The average Bonchev–Trinajstić information content (AvgIpc) is 2.61. The van der Waals surface area contributed by atoms with Crippen LogP contribution in [0.1, 0.15) is 32.1 Å². The Morgan fingerprint density at radius 3 is 2.46 bits per heavy atom. The SMILES string of the molecule is O=C(COCCOc1ccccc1)NCC1(C(=O)O)CCCCC1. The number of para-hydroxylation sites is 1. The lowest BCUT2D eigenvalue weighted by atomic mass is 9.74. The Bertz CT molecular complexity index is 525. The van der Waals surface area contributed by atoms with Crippen LogP contribution in [0.5, 0.6) is 5.75 Å². The molecular formula is C18H25NO5. The van der Waals surface area contributed by atoms with E-state index in [1.54, 1.807) is 0 Å². The zero-order valence-corrected chi connectivity index (χ0v) is 13.8. The van der Waals surface area contributed by atoms with Gasteiger partial charge >= 0.3 is 5.97 Å². The van der Waals surface area contributed by atoms with E-state index in [1.807, 2.05) is 30.3 Å². The second-order valence-electron chi connectivity index (χ2n) is 6.14. The molecule has 1 amide bonds. The van der Waals surface area contributed by atoms with Crippen molar-refractivity contribution in [3.63, 3.8) is 0 Å². The molecule has 0 atom stereocenters. The van der Waals surface area contributed by atoms with Gasteiger partial charge in [0.1, 0.15) is 19.0 Å². The molecule has 0 aromatic heterocycles. The molecule has 6 nitrogen and oxygen atoms in total. The van der Waals surface area contributed by atoms with Gasteiger partial charge in [-0.2, -0.15) is 0 Å². The van der Waals surface area contributed by atoms with Gasteiger partial charge in [0.15, 0.2) is 0 Å². The minimum atomic E-state index is -0.820. The molecule has 0 radical (unpaired) electrons. The van der Waals surface area contributed by atoms with Gasteiger partial charge in [0.25, 0.3) is 0 Å². The summed E-state index contributed by atoms with van der Waals surface area (Å²) in [6.45, 7) is 0.738. The van der Waals surface area contributed by atoms with Crippen molar-refractivity contribution in [3.05, 3.63) is 30.3 Å². The molecule has 0 heterocycles. The molecule has 0 aliphatic heterocycles. The van der Waals surface area contributed by atoms with Crippen LogP contribution in [0.3, 0.4) is 0 Å². The third-order valence-electron chi connectivity index (χ3n) is 4.36. The summed E-state index contributed by atoms with van der Waals surface area (Å²) in [5, 5.41) is 12.2. The number of nitrogens with one attached hydrogen (secondary N) is 1. The van der Waals surface area contributed by atoms with Gasteiger partial charge in [-0.15, -0.1) is 0 Å². The molecule has 1 aromatic rings. The second-order valence-corrected chi connectivity index (χ2v) is 6.14. The number of rotatable bonds is 9. The van der Waals surface area contributed by atoms with Crippen molar-refractivity contribution in [2.75, 3.05) is 26.4 Å². The van der Waals surface area contributed by atoms with E-state index < -0.39 is 11.4 Å². The normalized spacial score (nSPS) is 16.3. The fourth-order valence-electron chi connectivity index (χ4n) is 2.91. The van der Waals surface area contributed by atoms with E-state index >= 15 is 0 Å². The lowest BCUT2D eigenvalue weighted by Gasteiger charge is -2.33. The largest absolute Gasteiger partial charge is 0.491 e. The topological polar surface area (TPSA) is 84.9 Å². The number of benzene rings is 1. The maximum absolute atomic E-state index is 11.8. The van der Waals surface area contributed by atoms with Crippen molar-refractivity contribution >= 4 is 11.9 Å². The molecular weight excluding hydrogens is 310 g/mol. The van der Waals surface area contributed by atoms with Crippen LogP contribution in [-0.2, 0) is 14.3 Å². The first-order chi connectivity index (χ1) is 11.6. The molecule has 0 saturated heterocycles. The summed E-state index contributed by atoms with van der Waals surface area (Å²) in [4.78, 5) is 23.3. The lowest BCUT2D eigenvalue weighted by Crippen LogP contribution is -2.45. The number of amides is 1. The maximum atomic E-state index is 11.8. The summed E-state index contributed by atoms with van der Waals surface area (Å²) in [7, 11) is 0. The first kappa shape index (κ1) is 18.3. The highest BCUT2D eigenvalue weighted by molar-refractivity contribution is 5.79. The lowest BCUT2D eigenvalue weighted by molar-refractivity contribution is -0.151. The van der Waals surface area contributed by atoms with E-state index in [1.165, 1.54) is 0 Å². The number of aliphatic carboxylic acids is 1. The van der Waals surface area contributed by atoms with Crippen molar-refractivity contribution in [1.82, 2.24) is 5.32 Å². The Balaban J connectivity index is 1.61. The third kappa shape index (κ3) is 5.53. The first-order valence-corrected chi connectivity index (χ1v) is 8.38. The van der Waals surface area contributed by atoms with E-state index in [0.29, 0.717) is 26.1 Å². The Labute approximate surface area is 142 Å². The van der Waals surface area contributed by atoms with Crippen LogP contribution >= 0.6 is 0 Å². The van der Waals surface area contributed by atoms with Gasteiger partial charge in [0.05, 0.1) is 12.0 Å². The number of hydrogen-bond donors (Lipinski definition) is 2. The van der Waals surface area contributed by atoms with Crippen molar-refractivity contribution < 1.29 is 24.2 Å².